The Bertz CT molecular complexity index is 1040. The van der Waals surface area contributed by atoms with Gasteiger partial charge in [0.1, 0.15) is 17.1 Å². The zero-order valence-corrected chi connectivity index (χ0v) is 16.6. The van der Waals surface area contributed by atoms with Crippen molar-refractivity contribution in [2.45, 2.75) is 31.6 Å². The Morgan fingerprint density at radius 1 is 1.34 bits per heavy atom. The Balaban J connectivity index is 1.69. The molecule has 0 aliphatic carbocycles. The third kappa shape index (κ3) is 3.86. The molecule has 1 amide bonds. The molecule has 7 nitrogen and oxygen atoms in total. The van der Waals surface area contributed by atoms with Crippen molar-refractivity contribution in [1.82, 2.24) is 14.9 Å². The van der Waals surface area contributed by atoms with E-state index < -0.39 is 24.2 Å². The van der Waals surface area contributed by atoms with E-state index in [-0.39, 0.29) is 23.6 Å². The summed E-state index contributed by atoms with van der Waals surface area (Å²) in [7, 11) is 0. The van der Waals surface area contributed by atoms with Crippen LogP contribution >= 0.6 is 15.9 Å². The van der Waals surface area contributed by atoms with Crippen molar-refractivity contribution in [3.63, 3.8) is 0 Å². The molecule has 1 aliphatic rings. The van der Waals surface area contributed by atoms with Gasteiger partial charge in [-0.25, -0.2) is 4.68 Å². The molecule has 0 saturated heterocycles. The first-order valence-corrected chi connectivity index (χ1v) is 9.42. The van der Waals surface area contributed by atoms with E-state index in [9.17, 15) is 18.0 Å². The molecular formula is C18H15BrF3N5O2. The van der Waals surface area contributed by atoms with E-state index >= 15 is 0 Å². The van der Waals surface area contributed by atoms with Crippen LogP contribution in [0.25, 0.3) is 0 Å². The second-order valence-corrected chi connectivity index (χ2v) is 7.59. The molecule has 29 heavy (non-hydrogen) atoms. The van der Waals surface area contributed by atoms with Gasteiger partial charge in [0.15, 0.2) is 11.9 Å². The van der Waals surface area contributed by atoms with Crippen LogP contribution in [-0.2, 0) is 0 Å². The number of aromatic nitrogens is 3. The summed E-state index contributed by atoms with van der Waals surface area (Å²) in [6.45, 7) is 1.66. The van der Waals surface area contributed by atoms with Crippen LogP contribution in [0, 0.1) is 6.92 Å². The van der Waals surface area contributed by atoms with Crippen molar-refractivity contribution in [2.24, 2.45) is 0 Å². The molecule has 0 radical (unpaired) electrons. The molecule has 1 aromatic carbocycles. The van der Waals surface area contributed by atoms with Crippen LogP contribution in [0.1, 0.15) is 40.2 Å². The van der Waals surface area contributed by atoms with Gasteiger partial charge in [-0.05, 0) is 24.6 Å². The summed E-state index contributed by atoms with van der Waals surface area (Å²) in [5, 5.41) is 13.0. The third-order valence-corrected chi connectivity index (χ3v) is 5.15. The number of halogens is 4. The van der Waals surface area contributed by atoms with E-state index in [2.05, 4.69) is 36.8 Å². The molecule has 0 bridgehead atoms. The molecule has 2 unspecified atom stereocenters. The number of alkyl halides is 3. The number of hydrogen-bond acceptors (Lipinski definition) is 5. The summed E-state index contributed by atoms with van der Waals surface area (Å²) in [6, 6.07) is 5.99. The Labute approximate surface area is 171 Å². The van der Waals surface area contributed by atoms with E-state index in [0.29, 0.717) is 11.3 Å². The van der Waals surface area contributed by atoms with Gasteiger partial charge in [-0.1, -0.05) is 33.2 Å². The minimum absolute atomic E-state index is 0.00390. The average Bonchev–Trinajstić information content (AvgIpc) is 3.26. The van der Waals surface area contributed by atoms with E-state index in [1.54, 1.807) is 31.2 Å². The number of carbonyl (C=O) groups is 1. The van der Waals surface area contributed by atoms with Crippen molar-refractivity contribution in [2.75, 3.05) is 10.6 Å². The Hall–Kier alpha value is -2.82. The van der Waals surface area contributed by atoms with Crippen molar-refractivity contribution < 1.29 is 22.5 Å². The first kappa shape index (κ1) is 19.5. The average molecular weight is 470 g/mol. The van der Waals surface area contributed by atoms with Crippen LogP contribution in [0.5, 0.6) is 0 Å². The van der Waals surface area contributed by atoms with Gasteiger partial charge < -0.3 is 15.2 Å². The van der Waals surface area contributed by atoms with Crippen LogP contribution in [-0.4, -0.2) is 27.0 Å². The molecular weight excluding hydrogens is 455 g/mol. The number of rotatable bonds is 3. The molecule has 3 aromatic rings. The van der Waals surface area contributed by atoms with Gasteiger partial charge in [0, 0.05) is 17.0 Å². The van der Waals surface area contributed by atoms with Crippen molar-refractivity contribution in [1.29, 1.82) is 0 Å². The van der Waals surface area contributed by atoms with Crippen molar-refractivity contribution in [3.8, 4) is 0 Å². The minimum Gasteiger partial charge on any atom is -0.363 e. The molecule has 4 rings (SSSR count). The summed E-state index contributed by atoms with van der Waals surface area (Å²) in [5.41, 5.74) is 0.662. The third-order valence-electron chi connectivity index (χ3n) is 4.62. The standard InChI is InChI=1S/C18H15BrF3N5O2/c1-9-6-15(26-29-9)25-17(28)12-8-23-27-14(18(20,21)22)7-13(24-16(12)27)10-2-4-11(19)5-3-10/h2-6,8,13-14,24H,7H2,1H3,(H,25,26,28). The second-order valence-electron chi connectivity index (χ2n) is 6.67. The van der Waals surface area contributed by atoms with Crippen LogP contribution < -0.4 is 10.6 Å². The fraction of sp³-hybridized carbons (Fsp3) is 0.278. The first-order valence-electron chi connectivity index (χ1n) is 8.63. The summed E-state index contributed by atoms with van der Waals surface area (Å²) >= 11 is 3.32. The predicted molar refractivity (Wildman–Crippen MR) is 102 cm³/mol. The molecule has 152 valence electrons. The van der Waals surface area contributed by atoms with Gasteiger partial charge >= 0.3 is 6.18 Å². The molecule has 0 fully saturated rings. The second kappa shape index (κ2) is 7.21. The number of aryl methyl sites for hydroxylation is 1. The molecule has 2 aromatic heterocycles. The highest BCUT2D eigenvalue weighted by Gasteiger charge is 2.47. The fourth-order valence-electron chi connectivity index (χ4n) is 3.25. The molecule has 11 heteroatoms. The zero-order chi connectivity index (χ0) is 20.8. The first-order chi connectivity index (χ1) is 13.7. The van der Waals surface area contributed by atoms with E-state index in [1.807, 2.05) is 0 Å². The Kier molecular flexibility index (Phi) is 4.85. The summed E-state index contributed by atoms with van der Waals surface area (Å²) in [5.74, 6) is 0.0247. The highest BCUT2D eigenvalue weighted by atomic mass is 79.9. The smallest absolute Gasteiger partial charge is 0.363 e. The van der Waals surface area contributed by atoms with Crippen molar-refractivity contribution >= 4 is 33.5 Å². The van der Waals surface area contributed by atoms with Gasteiger partial charge in [0.05, 0.1) is 12.2 Å². The predicted octanol–water partition coefficient (Wildman–Crippen LogP) is 4.85. The van der Waals surface area contributed by atoms with E-state index in [4.69, 9.17) is 4.52 Å². The largest absolute Gasteiger partial charge is 0.410 e. The summed E-state index contributed by atoms with van der Waals surface area (Å²) in [6.07, 6.45) is -3.65. The van der Waals surface area contributed by atoms with Crippen LogP contribution in [0.3, 0.4) is 0 Å². The lowest BCUT2D eigenvalue weighted by atomic mass is 9.96. The number of fused-ring (bicyclic) bond motifs is 1. The normalized spacial score (nSPS) is 18.8. The van der Waals surface area contributed by atoms with Gasteiger partial charge in [-0.3, -0.25) is 4.79 Å². The number of hydrogen-bond donors (Lipinski definition) is 2. The molecule has 2 N–H and O–H groups in total. The fourth-order valence-corrected chi connectivity index (χ4v) is 3.52. The van der Waals surface area contributed by atoms with Crippen LogP contribution in [0.15, 0.2) is 45.5 Å². The Morgan fingerprint density at radius 3 is 2.69 bits per heavy atom. The molecule has 2 atom stereocenters. The SMILES string of the molecule is Cc1cc(NC(=O)c2cnn3c2NC(c2ccc(Br)cc2)CC3C(F)(F)F)no1. The Morgan fingerprint density at radius 2 is 2.07 bits per heavy atom. The maximum atomic E-state index is 13.7. The van der Waals surface area contributed by atoms with Gasteiger partial charge in [-0.2, -0.15) is 18.3 Å². The maximum absolute atomic E-state index is 13.7. The number of benzene rings is 1. The number of carbonyl (C=O) groups excluding carboxylic acids is 1. The lowest BCUT2D eigenvalue weighted by Crippen LogP contribution is -2.36. The number of nitrogens with zero attached hydrogens (tertiary/aromatic N) is 3. The molecule has 1 aliphatic heterocycles. The van der Waals surface area contributed by atoms with Crippen LogP contribution in [0.2, 0.25) is 0 Å². The van der Waals surface area contributed by atoms with Crippen LogP contribution in [0.4, 0.5) is 24.8 Å². The molecule has 0 spiro atoms. The van der Waals surface area contributed by atoms with Gasteiger partial charge in [0.2, 0.25) is 0 Å². The van der Waals surface area contributed by atoms with E-state index in [1.165, 1.54) is 6.07 Å². The number of anilines is 2. The number of nitrogens with one attached hydrogen (secondary N) is 2. The lowest BCUT2D eigenvalue weighted by Gasteiger charge is -2.34. The number of amides is 1. The minimum atomic E-state index is -4.52. The molecule has 3 heterocycles. The van der Waals surface area contributed by atoms with E-state index in [0.717, 1.165) is 15.4 Å². The van der Waals surface area contributed by atoms with Gasteiger partial charge in [-0.15, -0.1) is 0 Å². The topological polar surface area (TPSA) is 85.0 Å². The summed E-state index contributed by atoms with van der Waals surface area (Å²) in [4.78, 5) is 12.6. The zero-order valence-electron chi connectivity index (χ0n) is 15.0. The highest BCUT2D eigenvalue weighted by Crippen LogP contribution is 2.44. The molecule has 0 saturated carbocycles. The maximum Gasteiger partial charge on any atom is 0.410 e. The quantitative estimate of drug-likeness (QED) is 0.572. The summed E-state index contributed by atoms with van der Waals surface area (Å²) < 4.78 is 47.7. The van der Waals surface area contributed by atoms with Crippen molar-refractivity contribution in [3.05, 3.63) is 57.9 Å². The lowest BCUT2D eigenvalue weighted by molar-refractivity contribution is -0.173. The monoisotopic (exact) mass is 469 g/mol. The highest BCUT2D eigenvalue weighted by molar-refractivity contribution is 9.10. The van der Waals surface area contributed by atoms with Gasteiger partial charge in [0.25, 0.3) is 5.91 Å².